The van der Waals surface area contributed by atoms with Gasteiger partial charge in [0.05, 0.1) is 12.2 Å². The van der Waals surface area contributed by atoms with Gasteiger partial charge in [-0.25, -0.2) is 4.79 Å². The van der Waals surface area contributed by atoms with Crippen LogP contribution in [0.3, 0.4) is 0 Å². The van der Waals surface area contributed by atoms with E-state index in [1.165, 1.54) is 0 Å². The molecule has 6 heteroatoms. The Morgan fingerprint density at radius 3 is 2.82 bits per heavy atom. The van der Waals surface area contributed by atoms with Crippen molar-refractivity contribution in [1.82, 2.24) is 10.3 Å². The number of amides is 1. The van der Waals surface area contributed by atoms with Crippen molar-refractivity contribution < 1.29 is 13.9 Å². The van der Waals surface area contributed by atoms with Gasteiger partial charge >= 0.3 is 5.63 Å². The molecule has 6 nitrogen and oxygen atoms in total. The van der Waals surface area contributed by atoms with Gasteiger partial charge in [0.25, 0.3) is 5.91 Å². The van der Waals surface area contributed by atoms with Gasteiger partial charge in [-0.3, -0.25) is 9.78 Å². The number of nitrogens with zero attached hydrogens (tertiary/aromatic N) is 1. The number of aromatic nitrogens is 1. The number of carbonyl (C=O) groups excluding carboxylic acids is 1. The molecule has 0 bridgehead atoms. The number of hydrogen-bond donors (Lipinski definition) is 1. The molecule has 1 aliphatic carbocycles. The van der Waals surface area contributed by atoms with Gasteiger partial charge in [-0.05, 0) is 62.4 Å². The van der Waals surface area contributed by atoms with Gasteiger partial charge in [0.1, 0.15) is 11.3 Å². The fourth-order valence-electron chi connectivity index (χ4n) is 3.58. The maximum Gasteiger partial charge on any atom is 0.339 e. The second kappa shape index (κ2) is 7.84. The minimum atomic E-state index is -0.689. The largest absolute Gasteiger partial charge is 0.481 e. The molecular formula is C22H22N2O4. The van der Waals surface area contributed by atoms with Gasteiger partial charge < -0.3 is 14.5 Å². The van der Waals surface area contributed by atoms with Crippen LogP contribution in [0.2, 0.25) is 0 Å². The predicted molar refractivity (Wildman–Crippen MR) is 105 cm³/mol. The van der Waals surface area contributed by atoms with Crippen molar-refractivity contribution >= 4 is 16.9 Å². The summed E-state index contributed by atoms with van der Waals surface area (Å²) in [4.78, 5) is 28.7. The summed E-state index contributed by atoms with van der Waals surface area (Å²) < 4.78 is 11.3. The molecule has 0 radical (unpaired) electrons. The second-order valence-electron chi connectivity index (χ2n) is 7.01. The first-order valence-electron chi connectivity index (χ1n) is 9.55. The molecule has 4 rings (SSSR count). The van der Waals surface area contributed by atoms with Gasteiger partial charge in [0.15, 0.2) is 6.10 Å². The van der Waals surface area contributed by atoms with Crippen molar-refractivity contribution in [2.45, 2.75) is 45.3 Å². The molecule has 2 heterocycles. The van der Waals surface area contributed by atoms with E-state index < -0.39 is 6.10 Å². The van der Waals surface area contributed by atoms with E-state index in [0.29, 0.717) is 17.9 Å². The van der Waals surface area contributed by atoms with Gasteiger partial charge in [-0.15, -0.1) is 0 Å². The van der Waals surface area contributed by atoms with E-state index in [4.69, 9.17) is 9.15 Å². The maximum atomic E-state index is 12.3. The molecule has 1 N–H and O–H groups in total. The molecule has 1 aliphatic rings. The Kier molecular flexibility index (Phi) is 5.10. The molecule has 0 aliphatic heterocycles. The molecule has 1 atom stereocenters. The summed E-state index contributed by atoms with van der Waals surface area (Å²) in [5, 5.41) is 3.76. The lowest BCUT2D eigenvalue weighted by atomic mass is 9.91. The minimum Gasteiger partial charge on any atom is -0.481 e. The molecule has 144 valence electrons. The van der Waals surface area contributed by atoms with Crippen LogP contribution in [-0.4, -0.2) is 17.0 Å². The van der Waals surface area contributed by atoms with Gasteiger partial charge in [-0.2, -0.15) is 0 Å². The minimum absolute atomic E-state index is 0.238. The van der Waals surface area contributed by atoms with Crippen molar-refractivity contribution in [2.24, 2.45) is 0 Å². The summed E-state index contributed by atoms with van der Waals surface area (Å²) >= 11 is 0. The first kappa shape index (κ1) is 18.2. The number of benzene rings is 1. The molecule has 0 spiro atoms. The zero-order chi connectivity index (χ0) is 19.5. The van der Waals surface area contributed by atoms with Crippen LogP contribution in [0.1, 0.15) is 36.6 Å². The highest BCUT2D eigenvalue weighted by Gasteiger charge is 2.19. The first-order valence-corrected chi connectivity index (χ1v) is 9.55. The molecule has 2 aromatic heterocycles. The molecule has 1 amide bonds. The smallest absolute Gasteiger partial charge is 0.339 e. The van der Waals surface area contributed by atoms with E-state index in [1.54, 1.807) is 19.2 Å². The monoisotopic (exact) mass is 378 g/mol. The highest BCUT2D eigenvalue weighted by atomic mass is 16.5. The van der Waals surface area contributed by atoms with Crippen LogP contribution >= 0.6 is 0 Å². The maximum absolute atomic E-state index is 12.3. The van der Waals surface area contributed by atoms with Crippen LogP contribution < -0.4 is 15.7 Å². The molecule has 1 aromatic carbocycles. The predicted octanol–water partition coefficient (Wildman–Crippen LogP) is 3.15. The number of rotatable bonds is 5. The Morgan fingerprint density at radius 1 is 1.21 bits per heavy atom. The number of pyridine rings is 1. The van der Waals surface area contributed by atoms with E-state index in [0.717, 1.165) is 47.9 Å². The summed E-state index contributed by atoms with van der Waals surface area (Å²) in [6.45, 7) is 2.02. The fraction of sp³-hybridized carbons (Fsp3) is 0.318. The number of nitrogens with one attached hydrogen (secondary N) is 1. The summed E-state index contributed by atoms with van der Waals surface area (Å²) in [5.41, 5.74) is 2.91. The van der Waals surface area contributed by atoms with E-state index in [-0.39, 0.29) is 11.5 Å². The number of hydrogen-bond acceptors (Lipinski definition) is 5. The van der Waals surface area contributed by atoms with Crippen LogP contribution in [0.4, 0.5) is 0 Å². The van der Waals surface area contributed by atoms with E-state index >= 15 is 0 Å². The van der Waals surface area contributed by atoms with Crippen LogP contribution in [-0.2, 0) is 24.2 Å². The second-order valence-corrected chi connectivity index (χ2v) is 7.01. The highest BCUT2D eigenvalue weighted by molar-refractivity contribution is 5.83. The Bertz CT molecular complexity index is 1060. The molecular weight excluding hydrogens is 356 g/mol. The Hall–Kier alpha value is -3.15. The Morgan fingerprint density at radius 2 is 2.04 bits per heavy atom. The van der Waals surface area contributed by atoms with Crippen LogP contribution in [0, 0.1) is 0 Å². The third kappa shape index (κ3) is 3.76. The third-order valence-electron chi connectivity index (χ3n) is 5.05. The topological polar surface area (TPSA) is 81.4 Å². The quantitative estimate of drug-likeness (QED) is 0.690. The van der Waals surface area contributed by atoms with Crippen molar-refractivity contribution in [1.29, 1.82) is 0 Å². The average Bonchev–Trinajstić information content (AvgIpc) is 2.73. The van der Waals surface area contributed by atoms with Crippen molar-refractivity contribution in [3.63, 3.8) is 0 Å². The van der Waals surface area contributed by atoms with Gasteiger partial charge in [0.2, 0.25) is 0 Å². The molecule has 3 aromatic rings. The van der Waals surface area contributed by atoms with Gasteiger partial charge in [0, 0.05) is 23.2 Å². The number of fused-ring (bicyclic) bond motifs is 3. The normalized spacial score (nSPS) is 14.3. The van der Waals surface area contributed by atoms with Crippen LogP contribution in [0.25, 0.3) is 11.0 Å². The SMILES string of the molecule is C[C@H](Oc1ccc2c3c(c(=O)oc2c1)CCCC3)C(=O)NCc1ccccn1. The van der Waals surface area contributed by atoms with Gasteiger partial charge in [-0.1, -0.05) is 6.07 Å². The zero-order valence-corrected chi connectivity index (χ0v) is 15.7. The molecule has 0 fully saturated rings. The van der Waals surface area contributed by atoms with Crippen molar-refractivity contribution in [3.8, 4) is 5.75 Å². The number of ether oxygens (including phenoxy) is 1. The van der Waals surface area contributed by atoms with E-state index in [1.807, 2.05) is 30.3 Å². The lowest BCUT2D eigenvalue weighted by Crippen LogP contribution is -2.36. The third-order valence-corrected chi connectivity index (χ3v) is 5.05. The molecule has 28 heavy (non-hydrogen) atoms. The summed E-state index contributed by atoms with van der Waals surface area (Å²) in [7, 11) is 0. The molecule has 0 unspecified atom stereocenters. The fourth-order valence-corrected chi connectivity index (χ4v) is 3.58. The molecule has 0 saturated heterocycles. The number of aryl methyl sites for hydroxylation is 1. The average molecular weight is 378 g/mol. The van der Waals surface area contributed by atoms with Crippen molar-refractivity contribution in [2.75, 3.05) is 0 Å². The summed E-state index contributed by atoms with van der Waals surface area (Å²) in [6, 6.07) is 11.0. The van der Waals surface area contributed by atoms with Crippen LogP contribution in [0.5, 0.6) is 5.75 Å². The highest BCUT2D eigenvalue weighted by Crippen LogP contribution is 2.29. The lowest BCUT2D eigenvalue weighted by molar-refractivity contribution is -0.127. The van der Waals surface area contributed by atoms with Crippen LogP contribution in [0.15, 0.2) is 51.8 Å². The lowest BCUT2D eigenvalue weighted by Gasteiger charge is -2.17. The van der Waals surface area contributed by atoms with Crippen molar-refractivity contribution in [3.05, 3.63) is 69.8 Å². The summed E-state index contributed by atoms with van der Waals surface area (Å²) in [5.74, 6) is 0.254. The standard InChI is InChI=1S/C22H22N2O4/c1-14(21(25)24-13-15-6-4-5-11-23-15)27-16-9-10-18-17-7-2-3-8-19(17)22(26)28-20(18)12-16/h4-6,9-12,14H,2-3,7-8,13H2,1H3,(H,24,25)/t14-/m0/s1. The summed E-state index contributed by atoms with van der Waals surface area (Å²) in [6.07, 6.45) is 4.77. The van der Waals surface area contributed by atoms with E-state index in [2.05, 4.69) is 10.3 Å². The number of carbonyl (C=O) groups is 1. The molecule has 0 saturated carbocycles. The van der Waals surface area contributed by atoms with E-state index in [9.17, 15) is 9.59 Å². The zero-order valence-electron chi connectivity index (χ0n) is 15.7. The Labute approximate surface area is 162 Å². The first-order chi connectivity index (χ1) is 13.6. The Balaban J connectivity index is 1.48.